The van der Waals surface area contributed by atoms with Gasteiger partial charge in [0.25, 0.3) is 5.91 Å². The molecule has 0 fully saturated rings. The number of hydrogen-bond donors (Lipinski definition) is 1. The molecule has 144 valence electrons. The van der Waals surface area contributed by atoms with Gasteiger partial charge in [-0.3, -0.25) is 4.79 Å². The highest BCUT2D eigenvalue weighted by Crippen LogP contribution is 2.22. The number of ether oxygens (including phenoxy) is 1. The van der Waals surface area contributed by atoms with E-state index in [2.05, 4.69) is 21.5 Å². The molecule has 0 aliphatic rings. The molecule has 5 heteroatoms. The van der Waals surface area contributed by atoms with Crippen molar-refractivity contribution < 1.29 is 9.53 Å². The van der Waals surface area contributed by atoms with Crippen molar-refractivity contribution in [2.45, 2.75) is 12.5 Å². The summed E-state index contributed by atoms with van der Waals surface area (Å²) in [4.78, 5) is 12.5. The third-order valence-corrected chi connectivity index (χ3v) is 4.07. The summed E-state index contributed by atoms with van der Waals surface area (Å²) in [7, 11) is 0. The van der Waals surface area contributed by atoms with Crippen LogP contribution < -0.4 is 10.1 Å². The van der Waals surface area contributed by atoms with Crippen LogP contribution in [0.3, 0.4) is 0 Å². The molecule has 1 N–H and O–H groups in total. The van der Waals surface area contributed by atoms with Crippen molar-refractivity contribution in [2.24, 2.45) is 10.2 Å². The number of rotatable bonds is 8. The van der Waals surface area contributed by atoms with Crippen LogP contribution in [0.1, 0.15) is 5.56 Å². The zero-order valence-corrected chi connectivity index (χ0v) is 15.9. The number of nitrogens with one attached hydrogen (secondary N) is 1. The van der Waals surface area contributed by atoms with Crippen LogP contribution >= 0.6 is 0 Å². The van der Waals surface area contributed by atoms with Gasteiger partial charge in [-0.25, -0.2) is 0 Å². The van der Waals surface area contributed by atoms with E-state index < -0.39 is 6.10 Å². The first-order valence-electron chi connectivity index (χ1n) is 9.23. The second kappa shape index (κ2) is 10.4. The molecule has 29 heavy (non-hydrogen) atoms. The minimum Gasteiger partial charge on any atom is -0.480 e. The Balaban J connectivity index is 1.68. The second-order valence-corrected chi connectivity index (χ2v) is 6.25. The predicted octanol–water partition coefficient (Wildman–Crippen LogP) is 4.84. The molecule has 0 spiro atoms. The monoisotopic (exact) mass is 383 g/mol. The molecule has 0 saturated carbocycles. The number of nitrogens with zero attached hydrogens (tertiary/aromatic N) is 2. The van der Waals surface area contributed by atoms with Crippen molar-refractivity contribution in [3.05, 3.63) is 90.5 Å². The quantitative estimate of drug-likeness (QED) is 0.447. The molecule has 0 aliphatic heterocycles. The summed E-state index contributed by atoms with van der Waals surface area (Å²) in [6.07, 6.45) is 4.99. The van der Waals surface area contributed by atoms with Crippen molar-refractivity contribution >= 4 is 17.3 Å². The Labute approximate surface area is 170 Å². The molecule has 0 aliphatic carbocycles. The Morgan fingerprint density at radius 2 is 1.48 bits per heavy atom. The summed E-state index contributed by atoms with van der Waals surface area (Å²) in [6, 6.07) is 26.3. The summed E-state index contributed by atoms with van der Waals surface area (Å²) in [5.74, 6) is 2.73. The van der Waals surface area contributed by atoms with Crippen molar-refractivity contribution in [2.75, 3.05) is 6.54 Å². The fraction of sp³-hybridized carbons (Fsp3) is 0.125. The van der Waals surface area contributed by atoms with E-state index in [1.165, 1.54) is 0 Å². The highest BCUT2D eigenvalue weighted by molar-refractivity contribution is 5.81. The zero-order chi connectivity index (χ0) is 20.3. The first-order valence-corrected chi connectivity index (χ1v) is 9.23. The van der Waals surface area contributed by atoms with E-state index in [4.69, 9.17) is 11.2 Å². The fourth-order valence-electron chi connectivity index (χ4n) is 2.63. The first kappa shape index (κ1) is 19.8. The Bertz CT molecular complexity index is 978. The van der Waals surface area contributed by atoms with Gasteiger partial charge < -0.3 is 10.1 Å². The first-order chi connectivity index (χ1) is 14.2. The average Bonchev–Trinajstić information content (AvgIpc) is 2.78. The zero-order valence-electron chi connectivity index (χ0n) is 15.9. The lowest BCUT2D eigenvalue weighted by atomic mass is 10.1. The van der Waals surface area contributed by atoms with Crippen LogP contribution in [-0.2, 0) is 11.2 Å². The SMILES string of the molecule is C#CCNC(=O)[C@@H](Cc1ccccc1)Oc1ccc(N=Nc2ccccc2)cc1. The van der Waals surface area contributed by atoms with E-state index >= 15 is 0 Å². The lowest BCUT2D eigenvalue weighted by molar-refractivity contribution is -0.127. The van der Waals surface area contributed by atoms with E-state index in [0.717, 1.165) is 11.3 Å². The van der Waals surface area contributed by atoms with Crippen LogP contribution in [0.5, 0.6) is 5.75 Å². The van der Waals surface area contributed by atoms with Crippen LogP contribution in [0.25, 0.3) is 0 Å². The number of carbonyl (C=O) groups excluding carboxylic acids is 1. The third kappa shape index (κ3) is 6.33. The highest BCUT2D eigenvalue weighted by atomic mass is 16.5. The number of carbonyl (C=O) groups is 1. The average molecular weight is 383 g/mol. The number of azo groups is 1. The van der Waals surface area contributed by atoms with Gasteiger partial charge >= 0.3 is 0 Å². The molecule has 1 atom stereocenters. The molecule has 0 heterocycles. The number of hydrogen-bond acceptors (Lipinski definition) is 4. The van der Waals surface area contributed by atoms with Crippen LogP contribution in [0.15, 0.2) is 95.2 Å². The van der Waals surface area contributed by atoms with Gasteiger partial charge in [0.2, 0.25) is 0 Å². The molecule has 0 bridgehead atoms. The number of benzene rings is 3. The fourth-order valence-corrected chi connectivity index (χ4v) is 2.63. The normalized spacial score (nSPS) is 11.6. The maximum atomic E-state index is 12.5. The Morgan fingerprint density at radius 3 is 2.10 bits per heavy atom. The molecule has 3 aromatic rings. The van der Waals surface area contributed by atoms with Gasteiger partial charge in [-0.2, -0.15) is 10.2 Å². The van der Waals surface area contributed by atoms with Gasteiger partial charge in [-0.1, -0.05) is 54.5 Å². The second-order valence-electron chi connectivity index (χ2n) is 6.25. The van der Waals surface area contributed by atoms with E-state index in [9.17, 15) is 4.79 Å². The molecule has 3 rings (SSSR count). The summed E-state index contributed by atoms with van der Waals surface area (Å²) < 4.78 is 5.94. The van der Waals surface area contributed by atoms with Crippen molar-refractivity contribution in [3.63, 3.8) is 0 Å². The molecule has 0 unspecified atom stereocenters. The van der Waals surface area contributed by atoms with Gasteiger partial charge in [0.15, 0.2) is 6.10 Å². The van der Waals surface area contributed by atoms with Gasteiger partial charge in [0.1, 0.15) is 5.75 Å². The summed E-state index contributed by atoms with van der Waals surface area (Å²) in [6.45, 7) is 0.159. The standard InChI is InChI=1S/C24H21N3O2/c1-2-17-25-24(28)23(18-19-9-5-3-6-10-19)29-22-15-13-21(14-16-22)27-26-20-11-7-4-8-12-20/h1,3-16,23H,17-18H2,(H,25,28)/t23-/m1/s1. The lowest BCUT2D eigenvalue weighted by Gasteiger charge is -2.18. The van der Waals surface area contributed by atoms with Crippen molar-refractivity contribution in [3.8, 4) is 18.1 Å². The molecule has 0 radical (unpaired) electrons. The summed E-state index contributed by atoms with van der Waals surface area (Å²) in [5, 5.41) is 11.1. The molecule has 0 saturated heterocycles. The number of amides is 1. The van der Waals surface area contributed by atoms with E-state index in [0.29, 0.717) is 17.9 Å². The topological polar surface area (TPSA) is 63.0 Å². The largest absolute Gasteiger partial charge is 0.480 e. The van der Waals surface area contributed by atoms with Gasteiger partial charge in [-0.05, 0) is 42.0 Å². The molecular formula is C24H21N3O2. The van der Waals surface area contributed by atoms with Crippen LogP contribution in [0, 0.1) is 12.3 Å². The molecular weight excluding hydrogens is 362 g/mol. The molecule has 3 aromatic carbocycles. The molecule has 0 aromatic heterocycles. The molecule has 1 amide bonds. The highest BCUT2D eigenvalue weighted by Gasteiger charge is 2.20. The maximum absolute atomic E-state index is 12.5. The Hall–Kier alpha value is -3.91. The van der Waals surface area contributed by atoms with E-state index in [-0.39, 0.29) is 12.5 Å². The molecule has 5 nitrogen and oxygen atoms in total. The van der Waals surface area contributed by atoms with E-state index in [1.807, 2.05) is 60.7 Å². The smallest absolute Gasteiger partial charge is 0.262 e. The third-order valence-electron chi connectivity index (χ3n) is 4.07. The lowest BCUT2D eigenvalue weighted by Crippen LogP contribution is -2.40. The summed E-state index contributed by atoms with van der Waals surface area (Å²) in [5.41, 5.74) is 2.47. The minimum absolute atomic E-state index is 0.159. The van der Waals surface area contributed by atoms with E-state index in [1.54, 1.807) is 24.3 Å². The van der Waals surface area contributed by atoms with Crippen LogP contribution in [-0.4, -0.2) is 18.6 Å². The van der Waals surface area contributed by atoms with Crippen molar-refractivity contribution in [1.29, 1.82) is 0 Å². The minimum atomic E-state index is -0.692. The Kier molecular flexibility index (Phi) is 7.14. The number of terminal acetylenes is 1. The Morgan fingerprint density at radius 1 is 0.897 bits per heavy atom. The van der Waals surface area contributed by atoms with Gasteiger partial charge in [-0.15, -0.1) is 6.42 Å². The van der Waals surface area contributed by atoms with Gasteiger partial charge in [0.05, 0.1) is 17.9 Å². The predicted molar refractivity (Wildman–Crippen MR) is 113 cm³/mol. The summed E-state index contributed by atoms with van der Waals surface area (Å²) >= 11 is 0. The van der Waals surface area contributed by atoms with Crippen molar-refractivity contribution in [1.82, 2.24) is 5.32 Å². The van der Waals surface area contributed by atoms with Crippen LogP contribution in [0.2, 0.25) is 0 Å². The van der Waals surface area contributed by atoms with Crippen LogP contribution in [0.4, 0.5) is 11.4 Å². The van der Waals surface area contributed by atoms with Gasteiger partial charge in [0, 0.05) is 6.42 Å². The maximum Gasteiger partial charge on any atom is 0.262 e.